The van der Waals surface area contributed by atoms with E-state index < -0.39 is 5.82 Å². The molecule has 0 aliphatic heterocycles. The third-order valence-corrected chi connectivity index (χ3v) is 1.53. The molecule has 1 heterocycles. The van der Waals surface area contributed by atoms with Crippen LogP contribution in [0.2, 0.25) is 5.15 Å². The summed E-state index contributed by atoms with van der Waals surface area (Å²) >= 11 is 10.7. The van der Waals surface area contributed by atoms with Crippen molar-refractivity contribution < 1.29 is 4.39 Å². The molecule has 0 aliphatic carbocycles. The lowest BCUT2D eigenvalue weighted by Gasteiger charge is -1.93. The quantitative estimate of drug-likeness (QED) is 0.359. The van der Waals surface area contributed by atoms with Gasteiger partial charge in [-0.05, 0) is 6.07 Å². The fourth-order valence-corrected chi connectivity index (χ4v) is 0.868. The summed E-state index contributed by atoms with van der Waals surface area (Å²) in [5.74, 6) is 4.61. The van der Waals surface area contributed by atoms with Crippen LogP contribution in [0.4, 0.5) is 4.39 Å². The molecule has 1 aromatic heterocycles. The molecule has 0 bridgehead atoms. The molecular formula is C8H4Cl2FN. The van der Waals surface area contributed by atoms with Gasteiger partial charge in [0.15, 0.2) is 11.0 Å². The molecule has 0 saturated carbocycles. The van der Waals surface area contributed by atoms with E-state index in [9.17, 15) is 4.39 Å². The maximum atomic E-state index is 13.0. The molecule has 12 heavy (non-hydrogen) atoms. The highest BCUT2D eigenvalue weighted by Crippen LogP contribution is 2.13. The highest BCUT2D eigenvalue weighted by atomic mass is 35.5. The van der Waals surface area contributed by atoms with Gasteiger partial charge in [-0.15, -0.1) is 11.6 Å². The Morgan fingerprint density at radius 1 is 1.58 bits per heavy atom. The van der Waals surface area contributed by atoms with Gasteiger partial charge in [0.1, 0.15) is 0 Å². The van der Waals surface area contributed by atoms with Gasteiger partial charge < -0.3 is 0 Å². The number of pyridine rings is 1. The molecule has 4 heteroatoms. The predicted octanol–water partition coefficient (Wildman–Crippen LogP) is 2.46. The molecule has 1 aromatic rings. The van der Waals surface area contributed by atoms with Crippen LogP contribution in [0, 0.1) is 17.7 Å². The zero-order chi connectivity index (χ0) is 8.97. The second-order valence-electron chi connectivity index (χ2n) is 1.90. The average molecular weight is 204 g/mol. The van der Waals surface area contributed by atoms with Crippen LogP contribution in [0.1, 0.15) is 5.56 Å². The first-order valence-electron chi connectivity index (χ1n) is 3.10. The van der Waals surface area contributed by atoms with Crippen LogP contribution >= 0.6 is 23.2 Å². The number of nitrogens with zero attached hydrogens (tertiary/aromatic N) is 1. The molecular weight excluding hydrogens is 200 g/mol. The summed E-state index contributed by atoms with van der Waals surface area (Å²) in [6.45, 7) is 0. The van der Waals surface area contributed by atoms with E-state index in [0.717, 1.165) is 0 Å². The van der Waals surface area contributed by atoms with Gasteiger partial charge in [0, 0.05) is 6.20 Å². The van der Waals surface area contributed by atoms with E-state index in [1.54, 1.807) is 0 Å². The number of hydrogen-bond donors (Lipinski definition) is 0. The van der Waals surface area contributed by atoms with Crippen molar-refractivity contribution in [1.29, 1.82) is 0 Å². The zero-order valence-electron chi connectivity index (χ0n) is 5.94. The fourth-order valence-electron chi connectivity index (χ4n) is 0.643. The Morgan fingerprint density at radius 2 is 2.33 bits per heavy atom. The van der Waals surface area contributed by atoms with Gasteiger partial charge >= 0.3 is 0 Å². The maximum absolute atomic E-state index is 13.0. The van der Waals surface area contributed by atoms with Crippen LogP contribution in [0.5, 0.6) is 0 Å². The zero-order valence-corrected chi connectivity index (χ0v) is 7.45. The molecule has 1 rings (SSSR count). The van der Waals surface area contributed by atoms with E-state index in [1.807, 2.05) is 0 Å². The molecule has 0 atom stereocenters. The Hall–Kier alpha value is -0.780. The summed E-state index contributed by atoms with van der Waals surface area (Å²) < 4.78 is 13.0. The van der Waals surface area contributed by atoms with Crippen molar-refractivity contribution in [1.82, 2.24) is 4.98 Å². The minimum atomic E-state index is -0.600. The SMILES string of the molecule is Fc1c(C#CCCl)ccnc1Cl. The summed E-state index contributed by atoms with van der Waals surface area (Å²) in [4.78, 5) is 3.54. The van der Waals surface area contributed by atoms with Crippen LogP contribution in [-0.2, 0) is 0 Å². The van der Waals surface area contributed by atoms with E-state index in [-0.39, 0.29) is 16.6 Å². The van der Waals surface area contributed by atoms with Crippen molar-refractivity contribution >= 4 is 23.2 Å². The van der Waals surface area contributed by atoms with Gasteiger partial charge in [-0.2, -0.15) is 0 Å². The number of halogens is 3. The van der Waals surface area contributed by atoms with Crippen LogP contribution in [0.15, 0.2) is 12.3 Å². The smallest absolute Gasteiger partial charge is 0.176 e. The lowest BCUT2D eigenvalue weighted by Crippen LogP contribution is -1.87. The first-order valence-corrected chi connectivity index (χ1v) is 4.02. The molecule has 0 aromatic carbocycles. The number of rotatable bonds is 0. The summed E-state index contributed by atoms with van der Waals surface area (Å²) in [5, 5.41) is -0.170. The monoisotopic (exact) mass is 203 g/mol. The molecule has 0 radical (unpaired) electrons. The Bertz CT molecular complexity index is 341. The third-order valence-electron chi connectivity index (χ3n) is 1.14. The van der Waals surface area contributed by atoms with Crippen LogP contribution in [0.25, 0.3) is 0 Å². The number of hydrogen-bond acceptors (Lipinski definition) is 1. The average Bonchev–Trinajstić information content (AvgIpc) is 2.08. The molecule has 0 N–H and O–H groups in total. The van der Waals surface area contributed by atoms with Crippen molar-refractivity contribution in [3.8, 4) is 11.8 Å². The summed E-state index contributed by atoms with van der Waals surface area (Å²) in [7, 11) is 0. The van der Waals surface area contributed by atoms with E-state index in [1.165, 1.54) is 12.3 Å². The lowest BCUT2D eigenvalue weighted by atomic mass is 10.2. The van der Waals surface area contributed by atoms with Gasteiger partial charge in [0.25, 0.3) is 0 Å². The molecule has 0 saturated heterocycles. The van der Waals surface area contributed by atoms with E-state index in [4.69, 9.17) is 23.2 Å². The normalized spacial score (nSPS) is 8.92. The number of aromatic nitrogens is 1. The van der Waals surface area contributed by atoms with Gasteiger partial charge in [0.05, 0.1) is 11.4 Å². The minimum Gasteiger partial charge on any atom is -0.241 e. The van der Waals surface area contributed by atoms with Crippen molar-refractivity contribution in [2.75, 3.05) is 5.88 Å². The van der Waals surface area contributed by atoms with Crippen molar-refractivity contribution in [3.63, 3.8) is 0 Å². The van der Waals surface area contributed by atoms with E-state index in [0.29, 0.717) is 0 Å². The van der Waals surface area contributed by atoms with E-state index >= 15 is 0 Å². The van der Waals surface area contributed by atoms with Crippen LogP contribution < -0.4 is 0 Å². The summed E-state index contributed by atoms with van der Waals surface area (Å²) in [6, 6.07) is 1.45. The molecule has 0 spiro atoms. The Kier molecular flexibility index (Phi) is 3.33. The molecule has 0 aliphatic rings. The fraction of sp³-hybridized carbons (Fsp3) is 0.125. The Morgan fingerprint density at radius 3 is 3.00 bits per heavy atom. The second-order valence-corrected chi connectivity index (χ2v) is 2.52. The summed E-state index contributed by atoms with van der Waals surface area (Å²) in [5.41, 5.74) is 0.218. The minimum absolute atomic E-state index is 0.166. The molecule has 1 nitrogen and oxygen atoms in total. The van der Waals surface area contributed by atoms with Crippen molar-refractivity contribution in [2.45, 2.75) is 0 Å². The first kappa shape index (κ1) is 9.31. The van der Waals surface area contributed by atoms with Gasteiger partial charge in [-0.1, -0.05) is 23.4 Å². The lowest BCUT2D eigenvalue weighted by molar-refractivity contribution is 0.618. The highest BCUT2D eigenvalue weighted by molar-refractivity contribution is 6.29. The second kappa shape index (κ2) is 4.30. The van der Waals surface area contributed by atoms with Crippen LogP contribution in [-0.4, -0.2) is 10.9 Å². The first-order chi connectivity index (χ1) is 5.75. The summed E-state index contributed by atoms with van der Waals surface area (Å²) in [6.07, 6.45) is 1.39. The van der Waals surface area contributed by atoms with Gasteiger partial charge in [-0.25, -0.2) is 9.37 Å². The molecule has 0 amide bonds. The van der Waals surface area contributed by atoms with Gasteiger partial charge in [0.2, 0.25) is 0 Å². The maximum Gasteiger partial charge on any atom is 0.176 e. The van der Waals surface area contributed by atoms with Crippen molar-refractivity contribution in [2.24, 2.45) is 0 Å². The van der Waals surface area contributed by atoms with Crippen molar-refractivity contribution in [3.05, 3.63) is 28.8 Å². The molecule has 0 fully saturated rings. The van der Waals surface area contributed by atoms with Gasteiger partial charge in [-0.3, -0.25) is 0 Å². The Balaban J connectivity index is 3.08. The largest absolute Gasteiger partial charge is 0.241 e. The standard InChI is InChI=1S/C8H4Cl2FN/c9-4-1-2-6-3-5-12-8(10)7(6)11/h3,5H,4H2. The third kappa shape index (κ3) is 2.10. The Labute approximate surface area is 79.5 Å². The molecule has 62 valence electrons. The van der Waals surface area contributed by atoms with Crippen LogP contribution in [0.3, 0.4) is 0 Å². The number of alkyl halides is 1. The topological polar surface area (TPSA) is 12.9 Å². The predicted molar refractivity (Wildman–Crippen MR) is 46.8 cm³/mol. The van der Waals surface area contributed by atoms with E-state index in [2.05, 4.69) is 16.8 Å². The highest BCUT2D eigenvalue weighted by Gasteiger charge is 2.03. The molecule has 0 unspecified atom stereocenters.